The second-order valence-electron chi connectivity index (χ2n) is 4.36. The molecule has 2 aromatic rings. The predicted octanol–water partition coefficient (Wildman–Crippen LogP) is 2.74. The van der Waals surface area contributed by atoms with Crippen molar-refractivity contribution in [1.29, 1.82) is 0 Å². The molecule has 0 aliphatic carbocycles. The summed E-state index contributed by atoms with van der Waals surface area (Å²) in [6.45, 7) is 5.26. The van der Waals surface area contributed by atoms with Crippen LogP contribution in [-0.2, 0) is 6.54 Å². The van der Waals surface area contributed by atoms with E-state index in [1.807, 2.05) is 12.1 Å². The number of nitrogens with zero attached hydrogens (tertiary/aromatic N) is 1. The van der Waals surface area contributed by atoms with Gasteiger partial charge in [0.25, 0.3) is 0 Å². The molecule has 0 radical (unpaired) electrons. The molecular formula is C14H20N2O. The Morgan fingerprint density at radius 2 is 2.12 bits per heavy atom. The van der Waals surface area contributed by atoms with Gasteiger partial charge in [0.1, 0.15) is 5.75 Å². The standard InChI is InChI=1S/C14H20N2O/c1-2-3-7-15-8-10-16-9-6-12-11-13(17)4-5-14(12)16/h4-6,9,11,15,17H,2-3,7-8,10H2,1H3. The Balaban J connectivity index is 1.95. The van der Waals surface area contributed by atoms with Crippen LogP contribution < -0.4 is 5.32 Å². The molecule has 0 saturated carbocycles. The van der Waals surface area contributed by atoms with E-state index < -0.39 is 0 Å². The zero-order valence-corrected chi connectivity index (χ0v) is 10.3. The lowest BCUT2D eigenvalue weighted by Gasteiger charge is -2.07. The highest BCUT2D eigenvalue weighted by Gasteiger charge is 2.01. The summed E-state index contributed by atoms with van der Waals surface area (Å²) in [7, 11) is 0. The van der Waals surface area contributed by atoms with Crippen molar-refractivity contribution in [2.24, 2.45) is 0 Å². The first-order valence-corrected chi connectivity index (χ1v) is 6.30. The monoisotopic (exact) mass is 232 g/mol. The fourth-order valence-corrected chi connectivity index (χ4v) is 2.01. The zero-order valence-electron chi connectivity index (χ0n) is 10.3. The van der Waals surface area contributed by atoms with E-state index in [1.54, 1.807) is 12.1 Å². The molecule has 0 amide bonds. The van der Waals surface area contributed by atoms with E-state index in [1.165, 1.54) is 18.4 Å². The van der Waals surface area contributed by atoms with Crippen LogP contribution in [0.15, 0.2) is 30.5 Å². The fourth-order valence-electron chi connectivity index (χ4n) is 2.01. The Hall–Kier alpha value is -1.48. The summed E-state index contributed by atoms with van der Waals surface area (Å²) in [6, 6.07) is 7.55. The van der Waals surface area contributed by atoms with Gasteiger partial charge in [-0.1, -0.05) is 13.3 Å². The molecule has 0 bridgehead atoms. The van der Waals surface area contributed by atoms with Gasteiger partial charge in [-0.2, -0.15) is 0 Å². The van der Waals surface area contributed by atoms with Gasteiger partial charge in [-0.3, -0.25) is 0 Å². The van der Waals surface area contributed by atoms with Crippen LogP contribution in [0, 0.1) is 0 Å². The van der Waals surface area contributed by atoms with Crippen molar-refractivity contribution in [2.75, 3.05) is 13.1 Å². The zero-order chi connectivity index (χ0) is 12.1. The van der Waals surface area contributed by atoms with Crippen LogP contribution in [-0.4, -0.2) is 22.8 Å². The number of rotatable bonds is 6. The van der Waals surface area contributed by atoms with Crippen molar-refractivity contribution in [1.82, 2.24) is 9.88 Å². The van der Waals surface area contributed by atoms with E-state index in [2.05, 4.69) is 23.0 Å². The maximum atomic E-state index is 9.39. The van der Waals surface area contributed by atoms with Crippen molar-refractivity contribution in [3.05, 3.63) is 30.5 Å². The van der Waals surface area contributed by atoms with Crippen LogP contribution in [0.1, 0.15) is 19.8 Å². The van der Waals surface area contributed by atoms with Crippen LogP contribution >= 0.6 is 0 Å². The minimum Gasteiger partial charge on any atom is -0.508 e. The van der Waals surface area contributed by atoms with Gasteiger partial charge in [0.05, 0.1) is 0 Å². The molecule has 0 aliphatic rings. The molecule has 1 aromatic heterocycles. The van der Waals surface area contributed by atoms with E-state index in [-0.39, 0.29) is 0 Å². The van der Waals surface area contributed by atoms with Crippen molar-refractivity contribution < 1.29 is 5.11 Å². The maximum Gasteiger partial charge on any atom is 0.116 e. The van der Waals surface area contributed by atoms with Gasteiger partial charge in [-0.05, 0) is 37.2 Å². The van der Waals surface area contributed by atoms with Crippen molar-refractivity contribution in [3.63, 3.8) is 0 Å². The third-order valence-electron chi connectivity index (χ3n) is 2.99. The van der Waals surface area contributed by atoms with Crippen molar-refractivity contribution in [2.45, 2.75) is 26.3 Å². The summed E-state index contributed by atoms with van der Waals surface area (Å²) >= 11 is 0. The number of phenols is 1. The molecule has 1 heterocycles. The van der Waals surface area contributed by atoms with Gasteiger partial charge in [0.15, 0.2) is 0 Å². The van der Waals surface area contributed by atoms with E-state index in [0.29, 0.717) is 5.75 Å². The Morgan fingerprint density at radius 1 is 1.24 bits per heavy atom. The van der Waals surface area contributed by atoms with Gasteiger partial charge in [0.2, 0.25) is 0 Å². The molecule has 0 fully saturated rings. The lowest BCUT2D eigenvalue weighted by atomic mass is 10.2. The lowest BCUT2D eigenvalue weighted by molar-refractivity contribution is 0.476. The molecule has 0 aliphatic heterocycles. The number of hydrogen-bond donors (Lipinski definition) is 2. The summed E-state index contributed by atoms with van der Waals surface area (Å²) in [5.74, 6) is 0.330. The van der Waals surface area contributed by atoms with E-state index in [9.17, 15) is 5.11 Å². The predicted molar refractivity (Wildman–Crippen MR) is 71.4 cm³/mol. The van der Waals surface area contributed by atoms with E-state index in [0.717, 1.165) is 25.0 Å². The summed E-state index contributed by atoms with van der Waals surface area (Å²) in [4.78, 5) is 0. The number of aromatic hydroxyl groups is 1. The largest absolute Gasteiger partial charge is 0.508 e. The second kappa shape index (κ2) is 5.73. The average Bonchev–Trinajstić information content (AvgIpc) is 2.71. The highest BCUT2D eigenvalue weighted by Crippen LogP contribution is 2.20. The normalized spacial score (nSPS) is 11.1. The number of fused-ring (bicyclic) bond motifs is 1. The number of aromatic nitrogens is 1. The Labute approximate surface area is 102 Å². The Kier molecular flexibility index (Phi) is 4.04. The lowest BCUT2D eigenvalue weighted by Crippen LogP contribution is -2.20. The molecule has 0 spiro atoms. The minimum atomic E-state index is 0.330. The molecule has 2 rings (SSSR count). The summed E-state index contributed by atoms with van der Waals surface area (Å²) in [6.07, 6.45) is 4.55. The van der Waals surface area contributed by atoms with Crippen molar-refractivity contribution in [3.8, 4) is 5.75 Å². The molecule has 2 N–H and O–H groups in total. The molecule has 3 heteroatoms. The summed E-state index contributed by atoms with van der Waals surface area (Å²) in [5.41, 5.74) is 1.18. The number of unbranched alkanes of at least 4 members (excludes halogenated alkanes) is 1. The summed E-state index contributed by atoms with van der Waals surface area (Å²) in [5, 5.41) is 13.9. The highest BCUT2D eigenvalue weighted by molar-refractivity contribution is 5.81. The third kappa shape index (κ3) is 3.01. The smallest absolute Gasteiger partial charge is 0.116 e. The number of phenolic OH excluding ortho intramolecular Hbond substituents is 1. The van der Waals surface area contributed by atoms with Crippen LogP contribution in [0.2, 0.25) is 0 Å². The number of hydrogen-bond acceptors (Lipinski definition) is 2. The second-order valence-corrected chi connectivity index (χ2v) is 4.36. The topological polar surface area (TPSA) is 37.2 Å². The van der Waals surface area contributed by atoms with Gasteiger partial charge in [-0.15, -0.1) is 0 Å². The van der Waals surface area contributed by atoms with Crippen molar-refractivity contribution >= 4 is 10.9 Å². The van der Waals surface area contributed by atoms with Gasteiger partial charge < -0.3 is 15.0 Å². The first-order chi connectivity index (χ1) is 8.31. The Morgan fingerprint density at radius 3 is 2.94 bits per heavy atom. The average molecular weight is 232 g/mol. The van der Waals surface area contributed by atoms with E-state index in [4.69, 9.17) is 0 Å². The molecular weight excluding hydrogens is 212 g/mol. The fraction of sp³-hybridized carbons (Fsp3) is 0.429. The Bertz CT molecular complexity index is 476. The number of benzene rings is 1. The molecule has 17 heavy (non-hydrogen) atoms. The third-order valence-corrected chi connectivity index (χ3v) is 2.99. The first kappa shape index (κ1) is 12.0. The van der Waals surface area contributed by atoms with Crippen LogP contribution in [0.4, 0.5) is 0 Å². The minimum absolute atomic E-state index is 0.330. The first-order valence-electron chi connectivity index (χ1n) is 6.30. The molecule has 92 valence electrons. The number of nitrogens with one attached hydrogen (secondary N) is 1. The highest BCUT2D eigenvalue weighted by atomic mass is 16.3. The molecule has 1 aromatic carbocycles. The summed E-state index contributed by atoms with van der Waals surface area (Å²) < 4.78 is 2.22. The maximum absolute atomic E-state index is 9.39. The molecule has 0 unspecified atom stereocenters. The van der Waals surface area contributed by atoms with Gasteiger partial charge in [0, 0.05) is 30.2 Å². The van der Waals surface area contributed by atoms with Gasteiger partial charge in [-0.25, -0.2) is 0 Å². The van der Waals surface area contributed by atoms with Gasteiger partial charge >= 0.3 is 0 Å². The molecule has 0 saturated heterocycles. The quantitative estimate of drug-likeness (QED) is 0.751. The SMILES string of the molecule is CCCCNCCn1ccc2cc(O)ccc21. The molecule has 0 atom stereocenters. The van der Waals surface area contributed by atoms with Crippen LogP contribution in [0.3, 0.4) is 0 Å². The molecule has 3 nitrogen and oxygen atoms in total. The van der Waals surface area contributed by atoms with Crippen LogP contribution in [0.5, 0.6) is 5.75 Å². The van der Waals surface area contributed by atoms with Crippen LogP contribution in [0.25, 0.3) is 10.9 Å². The van der Waals surface area contributed by atoms with E-state index >= 15 is 0 Å².